The molecule has 9 nitrogen and oxygen atoms in total. The summed E-state index contributed by atoms with van der Waals surface area (Å²) in [7, 11) is 0. The second kappa shape index (κ2) is 8.48. The van der Waals surface area contributed by atoms with Crippen LogP contribution in [0.15, 0.2) is 61.1 Å². The Morgan fingerprint density at radius 1 is 1.10 bits per heavy atom. The number of fused-ring (bicyclic) bond motifs is 1. The summed E-state index contributed by atoms with van der Waals surface area (Å²) in [5, 5.41) is 2.68. The number of hydrogen-bond acceptors (Lipinski definition) is 8. The molecule has 1 aromatic carbocycles. The maximum Gasteiger partial charge on any atom is 0.344 e. The van der Waals surface area contributed by atoms with Crippen molar-refractivity contribution >= 4 is 17.6 Å². The van der Waals surface area contributed by atoms with Gasteiger partial charge in [-0.15, -0.1) is 0 Å². The van der Waals surface area contributed by atoms with Crippen molar-refractivity contribution in [1.29, 1.82) is 0 Å². The Labute approximate surface area is 171 Å². The predicted molar refractivity (Wildman–Crippen MR) is 105 cm³/mol. The summed E-state index contributed by atoms with van der Waals surface area (Å²) in [5.41, 5.74) is 0.582. The highest BCUT2D eigenvalue weighted by Crippen LogP contribution is 2.34. The van der Waals surface area contributed by atoms with E-state index >= 15 is 0 Å². The van der Waals surface area contributed by atoms with Gasteiger partial charge in [0.05, 0.1) is 6.20 Å². The summed E-state index contributed by atoms with van der Waals surface area (Å²) < 4.78 is 21.4. The number of pyridine rings is 2. The van der Waals surface area contributed by atoms with Crippen molar-refractivity contribution in [1.82, 2.24) is 9.97 Å². The quantitative estimate of drug-likeness (QED) is 0.621. The first-order valence-electron chi connectivity index (χ1n) is 9.04. The maximum absolute atomic E-state index is 12.6. The van der Waals surface area contributed by atoms with Crippen LogP contribution in [0.25, 0.3) is 0 Å². The van der Waals surface area contributed by atoms with Gasteiger partial charge in [0.25, 0.3) is 5.91 Å². The molecule has 3 aromatic rings. The smallest absolute Gasteiger partial charge is 0.344 e. The Hall–Kier alpha value is -4.14. The lowest BCUT2D eigenvalue weighted by Gasteiger charge is -2.15. The van der Waals surface area contributed by atoms with Gasteiger partial charge >= 0.3 is 5.97 Å². The number of rotatable bonds is 6. The number of hydrogen-bond donors (Lipinski definition) is 1. The summed E-state index contributed by atoms with van der Waals surface area (Å²) in [6.45, 7) is 1.60. The minimum Gasteiger partial charge on any atom is -0.454 e. The number of esters is 1. The molecule has 1 aliphatic heterocycles. The highest BCUT2D eigenvalue weighted by Gasteiger charge is 2.23. The molecule has 3 heterocycles. The average molecular weight is 407 g/mol. The molecule has 152 valence electrons. The number of nitrogens with zero attached hydrogens (tertiary/aromatic N) is 2. The van der Waals surface area contributed by atoms with Gasteiger partial charge in [0, 0.05) is 24.1 Å². The molecule has 0 aliphatic carbocycles. The molecule has 0 fully saturated rings. The number of carbonyl (C=O) groups is 2. The minimum atomic E-state index is -1.06. The SMILES string of the molecule is CC(OC(=O)c1cccnc1Oc1cccnc1)C(=O)Nc1ccc2c(c1)OCO2. The van der Waals surface area contributed by atoms with E-state index in [2.05, 4.69) is 15.3 Å². The standard InChI is InChI=1S/C21H17N3O6/c1-13(19(25)24-14-6-7-17-18(10-14)28-12-27-17)29-21(26)16-5-3-9-23-20(16)30-15-4-2-8-22-11-15/h2-11,13H,12H2,1H3,(H,24,25). The molecular weight excluding hydrogens is 390 g/mol. The molecule has 9 heteroatoms. The fourth-order valence-electron chi connectivity index (χ4n) is 2.64. The number of amides is 1. The third kappa shape index (κ3) is 4.30. The van der Waals surface area contributed by atoms with Crippen molar-refractivity contribution in [2.24, 2.45) is 0 Å². The summed E-state index contributed by atoms with van der Waals surface area (Å²) >= 11 is 0. The Kier molecular flexibility index (Phi) is 5.42. The number of carbonyl (C=O) groups excluding carboxylic acids is 2. The van der Waals surface area contributed by atoms with Crippen LogP contribution in [-0.2, 0) is 9.53 Å². The van der Waals surface area contributed by atoms with Gasteiger partial charge in [-0.05, 0) is 43.3 Å². The van der Waals surface area contributed by atoms with Crippen LogP contribution in [0.5, 0.6) is 23.1 Å². The fourth-order valence-corrected chi connectivity index (χ4v) is 2.64. The van der Waals surface area contributed by atoms with E-state index in [4.69, 9.17) is 18.9 Å². The van der Waals surface area contributed by atoms with Crippen LogP contribution in [0.3, 0.4) is 0 Å². The Bertz CT molecular complexity index is 1070. The minimum absolute atomic E-state index is 0.0545. The van der Waals surface area contributed by atoms with Gasteiger partial charge in [-0.25, -0.2) is 9.78 Å². The zero-order chi connectivity index (χ0) is 20.9. The number of ether oxygens (including phenoxy) is 4. The van der Waals surface area contributed by atoms with Crippen molar-refractivity contribution in [3.8, 4) is 23.1 Å². The highest BCUT2D eigenvalue weighted by atomic mass is 16.7. The van der Waals surface area contributed by atoms with E-state index in [1.54, 1.807) is 42.6 Å². The van der Waals surface area contributed by atoms with E-state index in [0.717, 1.165) is 0 Å². The number of benzene rings is 1. The molecule has 0 saturated heterocycles. The number of aromatic nitrogens is 2. The summed E-state index contributed by atoms with van der Waals surface area (Å²) in [6.07, 6.45) is 3.51. The zero-order valence-corrected chi connectivity index (χ0v) is 15.9. The van der Waals surface area contributed by atoms with Crippen molar-refractivity contribution < 1.29 is 28.5 Å². The third-order valence-electron chi connectivity index (χ3n) is 4.13. The molecular formula is C21H17N3O6. The van der Waals surface area contributed by atoms with Gasteiger partial charge in [-0.3, -0.25) is 9.78 Å². The lowest BCUT2D eigenvalue weighted by Crippen LogP contribution is -2.30. The molecule has 4 rings (SSSR count). The highest BCUT2D eigenvalue weighted by molar-refractivity contribution is 5.98. The molecule has 0 spiro atoms. The van der Waals surface area contributed by atoms with E-state index in [1.165, 1.54) is 25.4 Å². The van der Waals surface area contributed by atoms with Crippen LogP contribution >= 0.6 is 0 Å². The van der Waals surface area contributed by atoms with E-state index in [1.807, 2.05) is 0 Å². The monoisotopic (exact) mass is 407 g/mol. The van der Waals surface area contributed by atoms with Crippen LogP contribution < -0.4 is 19.5 Å². The third-order valence-corrected chi connectivity index (χ3v) is 4.13. The normalized spacial score (nSPS) is 12.7. The topological polar surface area (TPSA) is 109 Å². The molecule has 1 N–H and O–H groups in total. The first-order chi connectivity index (χ1) is 14.6. The first-order valence-corrected chi connectivity index (χ1v) is 9.04. The van der Waals surface area contributed by atoms with Gasteiger partial charge in [0.1, 0.15) is 11.3 Å². The van der Waals surface area contributed by atoms with Gasteiger partial charge in [-0.1, -0.05) is 0 Å². The van der Waals surface area contributed by atoms with E-state index < -0.39 is 18.0 Å². The molecule has 0 bridgehead atoms. The van der Waals surface area contributed by atoms with Crippen molar-refractivity contribution in [2.45, 2.75) is 13.0 Å². The second-order valence-electron chi connectivity index (χ2n) is 6.25. The van der Waals surface area contributed by atoms with Gasteiger partial charge in [-0.2, -0.15) is 0 Å². The lowest BCUT2D eigenvalue weighted by molar-refractivity contribution is -0.123. The molecule has 1 aliphatic rings. The second-order valence-corrected chi connectivity index (χ2v) is 6.25. The molecule has 1 amide bonds. The molecule has 2 aromatic heterocycles. The number of anilines is 1. The zero-order valence-electron chi connectivity index (χ0n) is 15.9. The molecule has 0 saturated carbocycles. The van der Waals surface area contributed by atoms with Crippen LogP contribution in [0, 0.1) is 0 Å². The van der Waals surface area contributed by atoms with Crippen molar-refractivity contribution in [3.05, 3.63) is 66.6 Å². The molecule has 30 heavy (non-hydrogen) atoms. The van der Waals surface area contributed by atoms with Crippen LogP contribution in [0.4, 0.5) is 5.69 Å². The maximum atomic E-state index is 12.6. The Morgan fingerprint density at radius 3 is 2.77 bits per heavy atom. The van der Waals surface area contributed by atoms with Crippen LogP contribution in [0.1, 0.15) is 17.3 Å². The van der Waals surface area contributed by atoms with Gasteiger partial charge in [0.15, 0.2) is 17.6 Å². The first kappa shape index (κ1) is 19.2. The van der Waals surface area contributed by atoms with Crippen molar-refractivity contribution in [2.75, 3.05) is 12.1 Å². The van der Waals surface area contributed by atoms with Gasteiger partial charge in [0.2, 0.25) is 12.7 Å². The largest absolute Gasteiger partial charge is 0.454 e. The van der Waals surface area contributed by atoms with E-state index in [9.17, 15) is 9.59 Å². The summed E-state index contributed by atoms with van der Waals surface area (Å²) in [5.74, 6) is 0.365. The predicted octanol–water partition coefficient (Wildman–Crippen LogP) is 3.18. The summed E-state index contributed by atoms with van der Waals surface area (Å²) in [4.78, 5) is 33.1. The van der Waals surface area contributed by atoms with E-state index in [-0.39, 0.29) is 18.2 Å². The molecule has 0 radical (unpaired) electrons. The molecule has 1 unspecified atom stereocenters. The van der Waals surface area contributed by atoms with Crippen LogP contribution in [-0.4, -0.2) is 34.7 Å². The Morgan fingerprint density at radius 2 is 1.93 bits per heavy atom. The van der Waals surface area contributed by atoms with Gasteiger partial charge < -0.3 is 24.3 Å². The van der Waals surface area contributed by atoms with Crippen LogP contribution in [0.2, 0.25) is 0 Å². The average Bonchev–Trinajstić information content (AvgIpc) is 3.22. The molecule has 1 atom stereocenters. The fraction of sp³-hybridized carbons (Fsp3) is 0.143. The van der Waals surface area contributed by atoms with E-state index in [0.29, 0.717) is 22.9 Å². The number of nitrogens with one attached hydrogen (secondary N) is 1. The lowest BCUT2D eigenvalue weighted by atomic mass is 10.2. The van der Waals surface area contributed by atoms with Crippen molar-refractivity contribution in [3.63, 3.8) is 0 Å². The Balaban J connectivity index is 1.41. The summed E-state index contributed by atoms with van der Waals surface area (Å²) in [6, 6.07) is 11.4.